The zero-order chi connectivity index (χ0) is 24.4. The van der Waals surface area contributed by atoms with E-state index >= 15 is 0 Å². The van der Waals surface area contributed by atoms with Crippen LogP contribution in [0, 0.1) is 17.8 Å². The van der Waals surface area contributed by atoms with Gasteiger partial charge in [-0.2, -0.15) is 23.3 Å². The van der Waals surface area contributed by atoms with Crippen LogP contribution >= 0.6 is 0 Å². The Kier molecular flexibility index (Phi) is 5.94. The Balaban J connectivity index is 1.40. The lowest BCUT2D eigenvalue weighted by atomic mass is 10.2. The normalized spacial score (nSPS) is 14.3. The number of halogens is 3. The van der Waals surface area contributed by atoms with Gasteiger partial charge in [0, 0.05) is 12.5 Å². The smallest absolute Gasteiger partial charge is 0.357 e. The van der Waals surface area contributed by atoms with Gasteiger partial charge in [-0.05, 0) is 55.5 Å². The van der Waals surface area contributed by atoms with E-state index < -0.39 is 12.2 Å². The topological polar surface area (TPSA) is 93.4 Å². The van der Waals surface area contributed by atoms with Crippen LogP contribution in [-0.4, -0.2) is 41.9 Å². The third kappa shape index (κ3) is 5.48. The molecule has 3 aromatic heterocycles. The Morgan fingerprint density at radius 3 is 2.57 bits per heavy atom. The molecule has 1 saturated carbocycles. The molecule has 0 saturated heterocycles. The second kappa shape index (κ2) is 9.21. The predicted octanol–water partition coefficient (Wildman–Crippen LogP) is 4.34. The maximum absolute atomic E-state index is 13.3. The monoisotopic (exact) mass is 478 g/mol. The quantitative estimate of drug-likeness (QED) is 0.398. The lowest BCUT2D eigenvalue weighted by Gasteiger charge is -2.19. The van der Waals surface area contributed by atoms with E-state index in [9.17, 15) is 13.2 Å². The number of fused-ring (bicyclic) bond motifs is 1. The molecule has 1 aromatic carbocycles. The number of nitrogens with zero attached hydrogens (tertiary/aromatic N) is 6. The van der Waals surface area contributed by atoms with Crippen molar-refractivity contribution in [3.63, 3.8) is 0 Å². The molecule has 0 amide bonds. The predicted molar refractivity (Wildman–Crippen MR) is 125 cm³/mol. The summed E-state index contributed by atoms with van der Waals surface area (Å²) in [6.07, 6.45) is 0.745. The van der Waals surface area contributed by atoms with E-state index in [1.165, 1.54) is 6.33 Å². The Hall–Kier alpha value is -4.20. The van der Waals surface area contributed by atoms with Crippen LogP contribution < -0.4 is 10.6 Å². The minimum Gasteiger partial charge on any atom is -0.357 e. The average molecular weight is 478 g/mol. The summed E-state index contributed by atoms with van der Waals surface area (Å²) in [6, 6.07) is 9.18. The summed E-state index contributed by atoms with van der Waals surface area (Å²) in [5.74, 6) is 6.67. The van der Waals surface area contributed by atoms with Gasteiger partial charge in [-0.3, -0.25) is 0 Å². The molecule has 5 rings (SSSR count). The molecule has 0 spiro atoms. The highest BCUT2D eigenvalue weighted by Crippen LogP contribution is 2.28. The molecule has 11 heteroatoms. The number of hydrogen-bond acceptors (Lipinski definition) is 7. The third-order valence-corrected chi connectivity index (χ3v) is 5.44. The molecule has 4 aromatic rings. The fraction of sp³-hybridized carbons (Fsp3) is 0.292. The summed E-state index contributed by atoms with van der Waals surface area (Å²) in [4.78, 5) is 17.1. The summed E-state index contributed by atoms with van der Waals surface area (Å²) in [5.41, 5.74) is 2.92. The van der Waals surface area contributed by atoms with Gasteiger partial charge in [0.15, 0.2) is 5.82 Å². The van der Waals surface area contributed by atoms with Crippen LogP contribution in [-0.2, 0) is 6.54 Å². The molecule has 178 valence electrons. The van der Waals surface area contributed by atoms with E-state index in [0.717, 1.165) is 31.0 Å². The van der Waals surface area contributed by atoms with E-state index in [2.05, 4.69) is 47.5 Å². The van der Waals surface area contributed by atoms with Gasteiger partial charge < -0.3 is 10.6 Å². The molecule has 1 aliphatic rings. The average Bonchev–Trinajstić information content (AvgIpc) is 3.51. The number of hydrogen-bond donors (Lipinski definition) is 2. The van der Waals surface area contributed by atoms with E-state index in [1.54, 1.807) is 23.1 Å². The molecule has 1 aliphatic carbocycles. The first kappa shape index (κ1) is 22.6. The van der Waals surface area contributed by atoms with Crippen LogP contribution in [0.25, 0.3) is 16.7 Å². The zero-order valence-electron chi connectivity index (χ0n) is 18.7. The highest BCUT2D eigenvalue weighted by molar-refractivity contribution is 5.86. The standard InChI is InChI=1S/C24H21F3N8/c1-15(24(25,26)27)31-22-21-20(11-8-18(32-21)7-4-16-2-3-16)33-23(34-22)29-12-17-5-9-19(10-6-17)35-14-28-13-30-35/h5-6,8-11,13-16H,2-3,12H2,1H3,(H2,29,31,33,34)/t15-/m0/s1. The Labute approximate surface area is 199 Å². The number of nitrogens with one attached hydrogen (secondary N) is 2. The molecular formula is C24H21F3N8. The van der Waals surface area contributed by atoms with Crippen LogP contribution in [0.2, 0.25) is 0 Å². The maximum Gasteiger partial charge on any atom is 0.408 e. The number of benzene rings is 1. The highest BCUT2D eigenvalue weighted by atomic mass is 19.4. The van der Waals surface area contributed by atoms with Gasteiger partial charge in [-0.15, -0.1) is 0 Å². The molecule has 8 nitrogen and oxygen atoms in total. The first-order chi connectivity index (χ1) is 16.8. The summed E-state index contributed by atoms with van der Waals surface area (Å²) in [7, 11) is 0. The first-order valence-corrected chi connectivity index (χ1v) is 11.1. The van der Waals surface area contributed by atoms with Crippen molar-refractivity contribution in [3.8, 4) is 17.5 Å². The fourth-order valence-corrected chi connectivity index (χ4v) is 3.24. The van der Waals surface area contributed by atoms with Crippen molar-refractivity contribution >= 4 is 22.8 Å². The van der Waals surface area contributed by atoms with E-state index in [-0.39, 0.29) is 17.3 Å². The van der Waals surface area contributed by atoms with Crippen molar-refractivity contribution in [1.82, 2.24) is 29.7 Å². The van der Waals surface area contributed by atoms with Crippen LogP contribution in [0.15, 0.2) is 49.1 Å². The van der Waals surface area contributed by atoms with Gasteiger partial charge in [0.05, 0.1) is 11.2 Å². The molecule has 3 heterocycles. The van der Waals surface area contributed by atoms with Crippen molar-refractivity contribution in [2.75, 3.05) is 10.6 Å². The van der Waals surface area contributed by atoms with Gasteiger partial charge in [-0.25, -0.2) is 19.6 Å². The minimum absolute atomic E-state index is 0.000993. The fourth-order valence-electron chi connectivity index (χ4n) is 3.24. The van der Waals surface area contributed by atoms with Gasteiger partial charge in [0.25, 0.3) is 0 Å². The van der Waals surface area contributed by atoms with Crippen LogP contribution in [0.1, 0.15) is 31.0 Å². The van der Waals surface area contributed by atoms with Crippen LogP contribution in [0.3, 0.4) is 0 Å². The molecule has 1 atom stereocenters. The second-order valence-electron chi connectivity index (χ2n) is 8.27. The van der Waals surface area contributed by atoms with Gasteiger partial charge >= 0.3 is 6.18 Å². The molecule has 0 bridgehead atoms. The number of aromatic nitrogens is 6. The maximum atomic E-state index is 13.3. The van der Waals surface area contributed by atoms with Crippen LogP contribution in [0.4, 0.5) is 24.9 Å². The van der Waals surface area contributed by atoms with Gasteiger partial charge in [0.1, 0.15) is 29.9 Å². The minimum atomic E-state index is -4.44. The van der Waals surface area contributed by atoms with E-state index in [1.807, 2.05) is 24.3 Å². The molecule has 0 radical (unpaired) electrons. The Bertz CT molecular complexity index is 1380. The molecule has 1 fully saturated rings. The first-order valence-electron chi connectivity index (χ1n) is 11.1. The Morgan fingerprint density at radius 2 is 1.89 bits per heavy atom. The Morgan fingerprint density at radius 1 is 1.09 bits per heavy atom. The zero-order valence-corrected chi connectivity index (χ0v) is 18.7. The highest BCUT2D eigenvalue weighted by Gasteiger charge is 2.36. The summed E-state index contributed by atoms with van der Waals surface area (Å²) in [6.45, 7) is 1.41. The summed E-state index contributed by atoms with van der Waals surface area (Å²) < 4.78 is 41.4. The third-order valence-electron chi connectivity index (χ3n) is 5.44. The largest absolute Gasteiger partial charge is 0.408 e. The summed E-state index contributed by atoms with van der Waals surface area (Å²) in [5, 5.41) is 9.62. The van der Waals surface area contributed by atoms with Crippen molar-refractivity contribution < 1.29 is 13.2 Å². The van der Waals surface area contributed by atoms with Crippen molar-refractivity contribution in [3.05, 3.63) is 60.3 Å². The van der Waals surface area contributed by atoms with Gasteiger partial charge in [0.2, 0.25) is 5.95 Å². The lowest BCUT2D eigenvalue weighted by molar-refractivity contribution is -0.138. The number of rotatable bonds is 6. The summed E-state index contributed by atoms with van der Waals surface area (Å²) >= 11 is 0. The molecule has 0 aliphatic heterocycles. The molecule has 35 heavy (non-hydrogen) atoms. The van der Waals surface area contributed by atoms with Crippen molar-refractivity contribution in [1.29, 1.82) is 0 Å². The molecule has 0 unspecified atom stereocenters. The van der Waals surface area contributed by atoms with E-state index in [4.69, 9.17) is 0 Å². The number of alkyl halides is 3. The molecular weight excluding hydrogens is 457 g/mol. The lowest BCUT2D eigenvalue weighted by Crippen LogP contribution is -2.33. The van der Waals surface area contributed by atoms with Crippen molar-refractivity contribution in [2.24, 2.45) is 5.92 Å². The second-order valence-corrected chi connectivity index (χ2v) is 8.27. The van der Waals surface area contributed by atoms with Crippen LogP contribution in [0.5, 0.6) is 0 Å². The van der Waals surface area contributed by atoms with Gasteiger partial charge in [-0.1, -0.05) is 18.1 Å². The number of anilines is 2. The molecule has 2 N–H and O–H groups in total. The number of pyridine rings is 1. The van der Waals surface area contributed by atoms with Crippen molar-refractivity contribution in [2.45, 2.75) is 38.5 Å². The SMILES string of the molecule is C[C@H](Nc1nc(NCc2ccc(-n3cncn3)cc2)nc2ccc(C#CC3CC3)nc12)C(F)(F)F. The van der Waals surface area contributed by atoms with E-state index in [0.29, 0.717) is 23.7 Å².